The maximum Gasteiger partial charge on any atom is 0.243 e. The van der Waals surface area contributed by atoms with Gasteiger partial charge in [-0.15, -0.1) is 0 Å². The predicted octanol–water partition coefficient (Wildman–Crippen LogP) is 0.817. The molecule has 0 spiro atoms. The van der Waals surface area contributed by atoms with Gasteiger partial charge < -0.3 is 5.32 Å². The van der Waals surface area contributed by atoms with Gasteiger partial charge in [-0.05, 0) is 25.9 Å². The van der Waals surface area contributed by atoms with Crippen LogP contribution in [0.5, 0.6) is 0 Å². The number of hydrogen-bond acceptors (Lipinski definition) is 4. The van der Waals surface area contributed by atoms with Crippen LogP contribution in [0.3, 0.4) is 0 Å². The fourth-order valence-corrected chi connectivity index (χ4v) is 2.62. The van der Waals surface area contributed by atoms with E-state index >= 15 is 0 Å². The molecule has 0 saturated carbocycles. The Morgan fingerprint density at radius 2 is 2.21 bits per heavy atom. The van der Waals surface area contributed by atoms with Crippen LogP contribution in [0.4, 0.5) is 0 Å². The summed E-state index contributed by atoms with van der Waals surface area (Å²) in [5.74, 6) is 0.334. The molecule has 1 aromatic heterocycles. The van der Waals surface area contributed by atoms with Gasteiger partial charge in [0.2, 0.25) is 10.0 Å². The molecule has 0 amide bonds. The van der Waals surface area contributed by atoms with Gasteiger partial charge in [0.25, 0.3) is 0 Å². The van der Waals surface area contributed by atoms with Crippen LogP contribution < -0.4 is 10.0 Å². The van der Waals surface area contributed by atoms with Crippen molar-refractivity contribution in [1.82, 2.24) is 19.8 Å². The minimum Gasteiger partial charge on any atom is -0.320 e. The van der Waals surface area contributed by atoms with E-state index in [0.29, 0.717) is 19.0 Å². The van der Waals surface area contributed by atoms with E-state index in [1.165, 1.54) is 6.20 Å². The monoisotopic (exact) mass is 288 g/mol. The van der Waals surface area contributed by atoms with Crippen molar-refractivity contribution < 1.29 is 8.42 Å². The van der Waals surface area contributed by atoms with Gasteiger partial charge in [-0.3, -0.25) is 4.68 Å². The highest BCUT2D eigenvalue weighted by Gasteiger charge is 2.16. The van der Waals surface area contributed by atoms with Gasteiger partial charge in [0.15, 0.2) is 0 Å². The molecule has 7 heteroatoms. The Labute approximate surface area is 115 Å². The number of hydrogen-bond donors (Lipinski definition) is 2. The lowest BCUT2D eigenvalue weighted by Gasteiger charge is -2.09. The maximum absolute atomic E-state index is 12.0. The molecule has 0 aliphatic rings. The highest BCUT2D eigenvalue weighted by atomic mass is 32.2. The van der Waals surface area contributed by atoms with Crippen LogP contribution in [0.25, 0.3) is 0 Å². The Balaban J connectivity index is 2.58. The van der Waals surface area contributed by atoms with Crippen LogP contribution in [-0.2, 0) is 16.6 Å². The van der Waals surface area contributed by atoms with Crippen LogP contribution in [0.2, 0.25) is 0 Å². The summed E-state index contributed by atoms with van der Waals surface area (Å²) in [6, 6.07) is 0. The summed E-state index contributed by atoms with van der Waals surface area (Å²) in [7, 11) is -1.54. The quantitative estimate of drug-likeness (QED) is 0.660. The molecule has 1 aromatic rings. The number of aryl methyl sites for hydroxylation is 1. The lowest BCUT2D eigenvalue weighted by atomic mass is 10.1. The van der Waals surface area contributed by atoms with E-state index in [4.69, 9.17) is 0 Å². The standard InChI is InChI=1S/C12H24N4O2S/c1-4-11(2)8-15-19(17,18)12-9-14-16(10-12)7-5-6-13-3/h9-11,13,15H,4-8H2,1-3H3. The first-order valence-corrected chi connectivity index (χ1v) is 8.14. The molecule has 0 radical (unpaired) electrons. The van der Waals surface area contributed by atoms with Gasteiger partial charge in [-0.25, -0.2) is 13.1 Å². The first kappa shape index (κ1) is 16.1. The van der Waals surface area contributed by atoms with Crippen molar-refractivity contribution in [2.45, 2.75) is 38.1 Å². The Morgan fingerprint density at radius 1 is 1.47 bits per heavy atom. The van der Waals surface area contributed by atoms with Gasteiger partial charge >= 0.3 is 0 Å². The zero-order chi connectivity index (χ0) is 14.3. The lowest BCUT2D eigenvalue weighted by Crippen LogP contribution is -2.28. The third-order valence-corrected chi connectivity index (χ3v) is 4.43. The van der Waals surface area contributed by atoms with Crippen LogP contribution >= 0.6 is 0 Å². The summed E-state index contributed by atoms with van der Waals surface area (Å²) in [6.07, 6.45) is 4.84. The van der Waals surface area contributed by atoms with Crippen molar-refractivity contribution in [3.63, 3.8) is 0 Å². The van der Waals surface area contributed by atoms with Crippen molar-refractivity contribution in [2.75, 3.05) is 20.1 Å². The fraction of sp³-hybridized carbons (Fsp3) is 0.750. The lowest BCUT2D eigenvalue weighted by molar-refractivity contribution is 0.528. The predicted molar refractivity (Wildman–Crippen MR) is 75.4 cm³/mol. The SMILES string of the molecule is CCC(C)CNS(=O)(=O)c1cnn(CCCNC)c1. The highest BCUT2D eigenvalue weighted by Crippen LogP contribution is 2.08. The Bertz CT molecular complexity index is 470. The molecule has 0 aliphatic carbocycles. The van der Waals surface area contributed by atoms with E-state index in [-0.39, 0.29) is 4.90 Å². The van der Waals surface area contributed by atoms with E-state index in [1.54, 1.807) is 10.9 Å². The third-order valence-electron chi connectivity index (χ3n) is 3.05. The second kappa shape index (κ2) is 7.62. The molecule has 1 unspecified atom stereocenters. The van der Waals surface area contributed by atoms with Gasteiger partial charge in [0, 0.05) is 19.3 Å². The average molecular weight is 288 g/mol. The number of aromatic nitrogens is 2. The van der Waals surface area contributed by atoms with Crippen LogP contribution in [0.1, 0.15) is 26.7 Å². The number of sulfonamides is 1. The second-order valence-corrected chi connectivity index (χ2v) is 6.53. The molecule has 1 atom stereocenters. The van der Waals surface area contributed by atoms with Crippen molar-refractivity contribution in [1.29, 1.82) is 0 Å². The molecule has 0 aliphatic heterocycles. The maximum atomic E-state index is 12.0. The van der Waals surface area contributed by atoms with E-state index in [1.807, 2.05) is 20.9 Å². The molecule has 0 saturated heterocycles. The van der Waals surface area contributed by atoms with E-state index in [0.717, 1.165) is 19.4 Å². The molecule has 19 heavy (non-hydrogen) atoms. The van der Waals surface area contributed by atoms with E-state index in [2.05, 4.69) is 15.1 Å². The van der Waals surface area contributed by atoms with E-state index < -0.39 is 10.0 Å². The molecular formula is C12H24N4O2S. The molecule has 1 heterocycles. The topological polar surface area (TPSA) is 76.0 Å². The molecule has 6 nitrogen and oxygen atoms in total. The summed E-state index contributed by atoms with van der Waals surface area (Å²) in [5.41, 5.74) is 0. The normalized spacial score (nSPS) is 13.6. The average Bonchev–Trinajstić information content (AvgIpc) is 2.86. The number of nitrogens with zero attached hydrogens (tertiary/aromatic N) is 2. The van der Waals surface area contributed by atoms with Crippen molar-refractivity contribution in [3.05, 3.63) is 12.4 Å². The first-order valence-electron chi connectivity index (χ1n) is 6.66. The van der Waals surface area contributed by atoms with Crippen molar-refractivity contribution in [2.24, 2.45) is 5.92 Å². The van der Waals surface area contributed by atoms with Crippen LogP contribution in [0, 0.1) is 5.92 Å². The Kier molecular flexibility index (Phi) is 6.47. The summed E-state index contributed by atoms with van der Waals surface area (Å²) in [6.45, 7) is 6.11. The molecule has 0 bridgehead atoms. The summed E-state index contributed by atoms with van der Waals surface area (Å²) < 4.78 is 28.3. The zero-order valence-electron chi connectivity index (χ0n) is 11.9. The Morgan fingerprint density at radius 3 is 2.84 bits per heavy atom. The minimum absolute atomic E-state index is 0.236. The summed E-state index contributed by atoms with van der Waals surface area (Å²) in [5, 5.41) is 7.11. The van der Waals surface area contributed by atoms with Gasteiger partial charge in [0.1, 0.15) is 4.90 Å². The largest absolute Gasteiger partial charge is 0.320 e. The second-order valence-electron chi connectivity index (χ2n) is 4.76. The number of rotatable bonds is 9. The van der Waals surface area contributed by atoms with Crippen LogP contribution in [0.15, 0.2) is 17.3 Å². The molecule has 110 valence electrons. The molecule has 0 aromatic carbocycles. The molecule has 1 rings (SSSR count). The van der Waals surface area contributed by atoms with E-state index in [9.17, 15) is 8.42 Å². The summed E-state index contributed by atoms with van der Waals surface area (Å²) in [4.78, 5) is 0.236. The van der Waals surface area contributed by atoms with Gasteiger partial charge in [0.05, 0.1) is 6.20 Å². The molecule has 0 fully saturated rings. The smallest absolute Gasteiger partial charge is 0.243 e. The van der Waals surface area contributed by atoms with Crippen molar-refractivity contribution in [3.8, 4) is 0 Å². The fourth-order valence-electron chi connectivity index (χ4n) is 1.50. The number of nitrogens with one attached hydrogen (secondary N) is 2. The van der Waals surface area contributed by atoms with Gasteiger partial charge in [-0.1, -0.05) is 20.3 Å². The minimum atomic E-state index is -3.42. The first-order chi connectivity index (χ1) is 8.99. The zero-order valence-corrected chi connectivity index (χ0v) is 12.7. The highest BCUT2D eigenvalue weighted by molar-refractivity contribution is 7.89. The Hall–Kier alpha value is -0.920. The van der Waals surface area contributed by atoms with Gasteiger partial charge in [-0.2, -0.15) is 5.10 Å². The molecular weight excluding hydrogens is 264 g/mol. The van der Waals surface area contributed by atoms with Crippen LogP contribution in [-0.4, -0.2) is 38.3 Å². The van der Waals surface area contributed by atoms with Crippen molar-refractivity contribution >= 4 is 10.0 Å². The summed E-state index contributed by atoms with van der Waals surface area (Å²) >= 11 is 0. The molecule has 2 N–H and O–H groups in total. The third kappa shape index (κ3) is 5.30.